The van der Waals surface area contributed by atoms with Gasteiger partial charge in [-0.3, -0.25) is 9.78 Å². The Bertz CT molecular complexity index is 482. The number of pyridine rings is 1. The Morgan fingerprint density at radius 3 is 2.71 bits per heavy atom. The molecule has 0 bridgehead atoms. The molecule has 5 heteroatoms. The van der Waals surface area contributed by atoms with E-state index in [4.69, 9.17) is 5.11 Å². The quantitative estimate of drug-likeness (QED) is 0.770. The van der Waals surface area contributed by atoms with Crippen molar-refractivity contribution < 1.29 is 9.90 Å². The lowest BCUT2D eigenvalue weighted by molar-refractivity contribution is 0.0767. The minimum absolute atomic E-state index is 0.0276. The average molecular weight is 291 g/mol. The molecule has 21 heavy (non-hydrogen) atoms. The van der Waals surface area contributed by atoms with Gasteiger partial charge in [-0.15, -0.1) is 0 Å². The summed E-state index contributed by atoms with van der Waals surface area (Å²) in [4.78, 5) is 18.2. The third kappa shape index (κ3) is 3.94. The molecule has 0 unspecified atom stereocenters. The van der Waals surface area contributed by atoms with Crippen molar-refractivity contribution >= 4 is 11.6 Å². The number of nitrogens with zero attached hydrogens (tertiary/aromatic N) is 2. The third-order valence-corrected chi connectivity index (χ3v) is 4.30. The Balaban J connectivity index is 1.99. The fourth-order valence-corrected chi connectivity index (χ4v) is 2.55. The van der Waals surface area contributed by atoms with Crippen LogP contribution in [-0.4, -0.2) is 47.1 Å². The Labute approximate surface area is 126 Å². The van der Waals surface area contributed by atoms with Crippen LogP contribution in [0.5, 0.6) is 0 Å². The fraction of sp³-hybridized carbons (Fsp3) is 0.625. The molecule has 0 spiro atoms. The standard InChI is InChI=1S/C16H25N3O2/c1-3-19(4-2)15(21)14-11-13(5-9-17-14)18-12-16(6-7-16)8-10-20/h5,9,11,20H,3-4,6-8,10,12H2,1-2H3,(H,17,18). The van der Waals surface area contributed by atoms with Crippen molar-refractivity contribution in [3.63, 3.8) is 0 Å². The van der Waals surface area contributed by atoms with Crippen molar-refractivity contribution in [3.8, 4) is 0 Å². The number of anilines is 1. The highest BCUT2D eigenvalue weighted by atomic mass is 16.3. The van der Waals surface area contributed by atoms with Crippen molar-refractivity contribution in [1.82, 2.24) is 9.88 Å². The van der Waals surface area contributed by atoms with Gasteiger partial charge in [0.15, 0.2) is 0 Å². The van der Waals surface area contributed by atoms with Crippen LogP contribution >= 0.6 is 0 Å². The molecule has 1 aliphatic carbocycles. The van der Waals surface area contributed by atoms with Crippen LogP contribution in [0.4, 0.5) is 5.69 Å². The van der Waals surface area contributed by atoms with Crippen molar-refractivity contribution in [2.75, 3.05) is 31.6 Å². The minimum atomic E-state index is -0.0276. The first-order valence-electron chi connectivity index (χ1n) is 7.74. The second-order valence-electron chi connectivity index (χ2n) is 5.73. The van der Waals surface area contributed by atoms with Gasteiger partial charge in [0.25, 0.3) is 5.91 Å². The highest BCUT2D eigenvalue weighted by Crippen LogP contribution is 2.48. The molecule has 1 heterocycles. The molecule has 2 N–H and O–H groups in total. The van der Waals surface area contributed by atoms with Crippen LogP contribution in [-0.2, 0) is 0 Å². The summed E-state index contributed by atoms with van der Waals surface area (Å²) < 4.78 is 0. The number of aliphatic hydroxyl groups is 1. The SMILES string of the molecule is CCN(CC)C(=O)c1cc(NCC2(CCO)CC2)ccn1. The molecule has 1 aromatic heterocycles. The van der Waals surface area contributed by atoms with Crippen LogP contribution < -0.4 is 5.32 Å². The molecule has 1 fully saturated rings. The minimum Gasteiger partial charge on any atom is -0.396 e. The zero-order chi connectivity index (χ0) is 15.3. The Kier molecular flexibility index (Phi) is 5.17. The molecule has 0 atom stereocenters. The van der Waals surface area contributed by atoms with Crippen molar-refractivity contribution in [3.05, 3.63) is 24.0 Å². The first-order valence-corrected chi connectivity index (χ1v) is 7.74. The Morgan fingerprint density at radius 2 is 2.14 bits per heavy atom. The van der Waals surface area contributed by atoms with E-state index < -0.39 is 0 Å². The molecule has 0 saturated heterocycles. The number of aliphatic hydroxyl groups excluding tert-OH is 1. The summed E-state index contributed by atoms with van der Waals surface area (Å²) in [6.07, 6.45) is 4.84. The molecule has 1 aromatic rings. The maximum Gasteiger partial charge on any atom is 0.272 e. The molecule has 2 rings (SSSR count). The zero-order valence-electron chi connectivity index (χ0n) is 12.9. The topological polar surface area (TPSA) is 65.5 Å². The van der Waals surface area contributed by atoms with Gasteiger partial charge in [0, 0.05) is 38.1 Å². The summed E-state index contributed by atoms with van der Waals surface area (Å²) in [7, 11) is 0. The highest BCUT2D eigenvalue weighted by molar-refractivity contribution is 5.93. The van der Waals surface area contributed by atoms with Crippen molar-refractivity contribution in [2.24, 2.45) is 5.41 Å². The number of nitrogens with one attached hydrogen (secondary N) is 1. The predicted octanol–water partition coefficient (Wildman–Crippen LogP) is 2.14. The fourth-order valence-electron chi connectivity index (χ4n) is 2.55. The van der Waals surface area contributed by atoms with Gasteiger partial charge in [-0.1, -0.05) is 0 Å². The van der Waals surface area contributed by atoms with Gasteiger partial charge in [0.2, 0.25) is 0 Å². The van der Waals surface area contributed by atoms with E-state index in [1.807, 2.05) is 26.0 Å². The lowest BCUT2D eigenvalue weighted by atomic mass is 10.0. The first-order chi connectivity index (χ1) is 10.1. The number of amides is 1. The molecular formula is C16H25N3O2. The molecule has 5 nitrogen and oxygen atoms in total. The zero-order valence-corrected chi connectivity index (χ0v) is 12.9. The van der Waals surface area contributed by atoms with Crippen LogP contribution in [0.1, 0.15) is 43.6 Å². The lowest BCUT2D eigenvalue weighted by Crippen LogP contribution is -2.31. The van der Waals surface area contributed by atoms with Crippen LogP contribution in [0.15, 0.2) is 18.3 Å². The largest absolute Gasteiger partial charge is 0.396 e. The number of carbonyl (C=O) groups is 1. The van der Waals surface area contributed by atoms with Crippen molar-refractivity contribution in [1.29, 1.82) is 0 Å². The van der Waals surface area contributed by atoms with E-state index in [-0.39, 0.29) is 17.9 Å². The van der Waals surface area contributed by atoms with Crippen LogP contribution in [0.2, 0.25) is 0 Å². The molecular weight excluding hydrogens is 266 g/mol. The smallest absolute Gasteiger partial charge is 0.272 e. The maximum absolute atomic E-state index is 12.3. The predicted molar refractivity (Wildman–Crippen MR) is 83.3 cm³/mol. The van der Waals surface area contributed by atoms with Gasteiger partial charge in [-0.2, -0.15) is 0 Å². The summed E-state index contributed by atoms with van der Waals surface area (Å²) >= 11 is 0. The molecule has 1 amide bonds. The second-order valence-corrected chi connectivity index (χ2v) is 5.73. The normalized spacial score (nSPS) is 15.6. The maximum atomic E-state index is 12.3. The van der Waals surface area contributed by atoms with Gasteiger partial charge in [0.1, 0.15) is 5.69 Å². The summed E-state index contributed by atoms with van der Waals surface area (Å²) in [6, 6.07) is 3.70. The van der Waals surface area contributed by atoms with E-state index in [9.17, 15) is 4.79 Å². The number of hydrogen-bond donors (Lipinski definition) is 2. The molecule has 0 radical (unpaired) electrons. The average Bonchev–Trinajstić information content (AvgIpc) is 3.27. The lowest BCUT2D eigenvalue weighted by Gasteiger charge is -2.19. The van der Waals surface area contributed by atoms with E-state index in [1.54, 1.807) is 11.1 Å². The van der Waals surface area contributed by atoms with E-state index >= 15 is 0 Å². The first kappa shape index (κ1) is 15.8. The van der Waals surface area contributed by atoms with Crippen LogP contribution in [0.25, 0.3) is 0 Å². The van der Waals surface area contributed by atoms with Crippen LogP contribution in [0, 0.1) is 5.41 Å². The van der Waals surface area contributed by atoms with E-state index in [1.165, 1.54) is 0 Å². The summed E-state index contributed by atoms with van der Waals surface area (Å²) in [5, 5.41) is 12.5. The molecule has 0 aromatic carbocycles. The van der Waals surface area contributed by atoms with Gasteiger partial charge < -0.3 is 15.3 Å². The Morgan fingerprint density at radius 1 is 1.43 bits per heavy atom. The molecule has 1 aliphatic rings. The molecule has 1 saturated carbocycles. The second kappa shape index (κ2) is 6.89. The number of rotatable bonds is 8. The van der Waals surface area contributed by atoms with Gasteiger partial charge >= 0.3 is 0 Å². The van der Waals surface area contributed by atoms with Crippen LogP contribution in [0.3, 0.4) is 0 Å². The third-order valence-electron chi connectivity index (χ3n) is 4.30. The summed E-state index contributed by atoms with van der Waals surface area (Å²) in [5.41, 5.74) is 1.65. The highest BCUT2D eigenvalue weighted by Gasteiger charge is 2.41. The summed E-state index contributed by atoms with van der Waals surface area (Å²) in [6.45, 7) is 6.40. The van der Waals surface area contributed by atoms with E-state index in [2.05, 4.69) is 10.3 Å². The molecule has 0 aliphatic heterocycles. The van der Waals surface area contributed by atoms with Crippen molar-refractivity contribution in [2.45, 2.75) is 33.1 Å². The van der Waals surface area contributed by atoms with Gasteiger partial charge in [-0.05, 0) is 50.7 Å². The van der Waals surface area contributed by atoms with E-state index in [0.717, 1.165) is 31.5 Å². The monoisotopic (exact) mass is 291 g/mol. The van der Waals surface area contributed by atoms with E-state index in [0.29, 0.717) is 18.8 Å². The van der Waals surface area contributed by atoms with Gasteiger partial charge in [-0.25, -0.2) is 0 Å². The Hall–Kier alpha value is -1.62. The number of aromatic nitrogens is 1. The molecule has 116 valence electrons. The number of carbonyl (C=O) groups excluding carboxylic acids is 1. The van der Waals surface area contributed by atoms with Gasteiger partial charge in [0.05, 0.1) is 0 Å². The summed E-state index contributed by atoms with van der Waals surface area (Å²) in [5.74, 6) is -0.0276. The number of hydrogen-bond acceptors (Lipinski definition) is 4.